The molecule has 1 atom stereocenters. The summed E-state index contributed by atoms with van der Waals surface area (Å²) in [6.45, 7) is 4.64. The van der Waals surface area contributed by atoms with E-state index >= 15 is 0 Å². The maximum absolute atomic E-state index is 13.2. The van der Waals surface area contributed by atoms with Crippen molar-refractivity contribution in [3.05, 3.63) is 41.2 Å². The predicted octanol–water partition coefficient (Wildman–Crippen LogP) is 6.22. The highest BCUT2D eigenvalue weighted by Crippen LogP contribution is 2.40. The van der Waals surface area contributed by atoms with Crippen LogP contribution >= 0.6 is 11.3 Å². The van der Waals surface area contributed by atoms with E-state index in [2.05, 4.69) is 36.8 Å². The summed E-state index contributed by atoms with van der Waals surface area (Å²) in [6.07, 6.45) is 4.33. The number of rotatable bonds is 12. The number of aliphatic carboxylic acids is 1. The number of methoxy groups -OCH3 is 1. The van der Waals surface area contributed by atoms with Crippen molar-refractivity contribution in [1.82, 2.24) is 19.9 Å². The second-order valence-electron chi connectivity index (χ2n) is 11.4. The number of anilines is 2. The molecule has 2 N–H and O–H groups in total. The molecule has 248 valence electrons. The summed E-state index contributed by atoms with van der Waals surface area (Å²) in [5, 5.41) is 12.3. The van der Waals surface area contributed by atoms with Gasteiger partial charge < -0.3 is 19.5 Å². The van der Waals surface area contributed by atoms with Crippen molar-refractivity contribution < 1.29 is 37.3 Å². The zero-order valence-electron chi connectivity index (χ0n) is 25.7. The Labute approximate surface area is 268 Å². The van der Waals surface area contributed by atoms with Gasteiger partial charge in [0.1, 0.15) is 11.5 Å². The third kappa shape index (κ3) is 8.23. The Morgan fingerprint density at radius 3 is 2.54 bits per heavy atom. The Kier molecular flexibility index (Phi) is 10.6. The highest BCUT2D eigenvalue weighted by molar-refractivity contribution is 7.16. The van der Waals surface area contributed by atoms with Gasteiger partial charge in [-0.25, -0.2) is 15.0 Å². The monoisotopic (exact) mass is 662 g/mol. The largest absolute Gasteiger partial charge is 0.573 e. The van der Waals surface area contributed by atoms with Crippen LogP contribution < -0.4 is 19.7 Å². The number of unbranched alkanes of at least 4 members (excludes halogenated alkanes) is 1. The molecular formula is C31H37F3N6O5S. The SMILES string of the molecule is CCCC[C@@H]1CCCN1Cc1sc(NC(=O)c2cnc(N3CCC(C(=O)O)CC3)cn2)nc1-c1ccc(OC)c(OC(F)(F)F)c1. The zero-order chi connectivity index (χ0) is 32.8. The standard InChI is InChI=1S/C31H37F3N6O5S/c1-3-4-6-21-7-5-12-40(21)18-25-27(20-8-9-23(44-2)24(15-20)45-31(32,33)34)37-30(46-25)38-28(41)22-16-36-26(17-35-22)39-13-10-19(11-14-39)29(42)43/h8-9,15-17,19,21H,3-7,10-14,18H2,1-2H3,(H,42,43)(H,37,38,41)/t21-/m1/s1. The van der Waals surface area contributed by atoms with Gasteiger partial charge in [-0.3, -0.25) is 19.8 Å². The van der Waals surface area contributed by atoms with E-state index in [-0.39, 0.29) is 22.5 Å². The van der Waals surface area contributed by atoms with Crippen LogP contribution in [0, 0.1) is 5.92 Å². The number of carboxylic acid groups (broad SMARTS) is 1. The van der Waals surface area contributed by atoms with E-state index < -0.39 is 24.0 Å². The van der Waals surface area contributed by atoms with Crippen molar-refractivity contribution in [2.45, 2.75) is 70.8 Å². The fourth-order valence-electron chi connectivity index (χ4n) is 5.94. The summed E-state index contributed by atoms with van der Waals surface area (Å²) in [5.74, 6) is -1.71. The number of benzene rings is 1. The van der Waals surface area contributed by atoms with Gasteiger partial charge in [-0.05, 0) is 56.8 Å². The first-order valence-electron chi connectivity index (χ1n) is 15.3. The van der Waals surface area contributed by atoms with E-state index in [0.29, 0.717) is 55.6 Å². The van der Waals surface area contributed by atoms with E-state index in [4.69, 9.17) is 4.74 Å². The molecule has 0 unspecified atom stereocenters. The quantitative estimate of drug-likeness (QED) is 0.231. The summed E-state index contributed by atoms with van der Waals surface area (Å²) < 4.78 is 48.9. The van der Waals surface area contributed by atoms with E-state index in [1.54, 1.807) is 6.07 Å². The van der Waals surface area contributed by atoms with Gasteiger partial charge in [-0.1, -0.05) is 31.1 Å². The Balaban J connectivity index is 1.37. The molecule has 4 heterocycles. The smallest absolute Gasteiger partial charge is 0.493 e. The van der Waals surface area contributed by atoms with Gasteiger partial charge >= 0.3 is 12.3 Å². The summed E-state index contributed by atoms with van der Waals surface area (Å²) in [7, 11) is 1.26. The van der Waals surface area contributed by atoms with Crippen molar-refractivity contribution >= 4 is 34.2 Å². The van der Waals surface area contributed by atoms with Crippen LogP contribution in [-0.4, -0.2) is 76.0 Å². The number of carboxylic acids is 1. The maximum Gasteiger partial charge on any atom is 0.573 e. The summed E-state index contributed by atoms with van der Waals surface area (Å²) in [6, 6.07) is 4.67. The number of nitrogens with zero attached hydrogens (tertiary/aromatic N) is 5. The molecule has 2 fully saturated rings. The third-order valence-corrected chi connectivity index (χ3v) is 9.31. The van der Waals surface area contributed by atoms with Crippen LogP contribution in [-0.2, 0) is 11.3 Å². The van der Waals surface area contributed by atoms with Crippen LogP contribution in [0.4, 0.5) is 24.1 Å². The Morgan fingerprint density at radius 1 is 1.11 bits per heavy atom. The molecule has 0 aliphatic carbocycles. The first-order valence-corrected chi connectivity index (χ1v) is 16.1. The molecule has 1 amide bonds. The van der Waals surface area contributed by atoms with Crippen LogP contribution in [0.15, 0.2) is 30.6 Å². The molecule has 0 saturated carbocycles. The molecule has 0 radical (unpaired) electrons. The normalized spacial score (nSPS) is 17.7. The molecule has 0 bridgehead atoms. The van der Waals surface area contributed by atoms with Crippen molar-refractivity contribution in [2.24, 2.45) is 5.92 Å². The summed E-state index contributed by atoms with van der Waals surface area (Å²) >= 11 is 1.26. The lowest BCUT2D eigenvalue weighted by atomic mass is 9.97. The third-order valence-electron chi connectivity index (χ3n) is 8.36. The van der Waals surface area contributed by atoms with Crippen LogP contribution in [0.3, 0.4) is 0 Å². The van der Waals surface area contributed by atoms with Gasteiger partial charge in [0.25, 0.3) is 5.91 Å². The lowest BCUT2D eigenvalue weighted by Gasteiger charge is -2.30. The molecule has 0 spiro atoms. The first kappa shape index (κ1) is 33.4. The van der Waals surface area contributed by atoms with E-state index in [1.165, 1.54) is 43.0 Å². The van der Waals surface area contributed by atoms with Crippen LogP contribution in [0.5, 0.6) is 11.5 Å². The zero-order valence-corrected chi connectivity index (χ0v) is 26.5. The molecule has 2 aliphatic heterocycles. The van der Waals surface area contributed by atoms with Gasteiger partial charge in [0, 0.05) is 36.1 Å². The minimum Gasteiger partial charge on any atom is -0.493 e. The van der Waals surface area contributed by atoms with Gasteiger partial charge in [0.2, 0.25) is 0 Å². The van der Waals surface area contributed by atoms with Crippen molar-refractivity contribution in [3.8, 4) is 22.8 Å². The predicted molar refractivity (Wildman–Crippen MR) is 166 cm³/mol. The van der Waals surface area contributed by atoms with Crippen LogP contribution in [0.2, 0.25) is 0 Å². The molecule has 2 saturated heterocycles. The van der Waals surface area contributed by atoms with Gasteiger partial charge in [-0.15, -0.1) is 13.2 Å². The maximum atomic E-state index is 13.2. The molecular weight excluding hydrogens is 625 g/mol. The first-order chi connectivity index (χ1) is 22.0. The number of carbonyl (C=O) groups is 2. The molecule has 1 aromatic carbocycles. The fraction of sp³-hybridized carbons (Fsp3) is 0.516. The molecule has 46 heavy (non-hydrogen) atoms. The minimum absolute atomic E-state index is 0.0620. The lowest BCUT2D eigenvalue weighted by Crippen LogP contribution is -2.36. The fourth-order valence-corrected chi connectivity index (χ4v) is 6.94. The molecule has 5 rings (SSSR count). The number of alkyl halides is 3. The summed E-state index contributed by atoms with van der Waals surface area (Å²) in [5.41, 5.74) is 0.904. The molecule has 2 aromatic heterocycles. The molecule has 11 nitrogen and oxygen atoms in total. The van der Waals surface area contributed by atoms with Gasteiger partial charge in [0.05, 0.1) is 31.1 Å². The number of piperidine rings is 1. The van der Waals surface area contributed by atoms with Crippen molar-refractivity contribution in [1.29, 1.82) is 0 Å². The minimum atomic E-state index is -4.91. The van der Waals surface area contributed by atoms with E-state index in [0.717, 1.165) is 43.5 Å². The number of hydrogen-bond acceptors (Lipinski definition) is 10. The average Bonchev–Trinajstić information content (AvgIpc) is 3.65. The average molecular weight is 663 g/mol. The lowest BCUT2D eigenvalue weighted by molar-refractivity contribution is -0.275. The summed E-state index contributed by atoms with van der Waals surface area (Å²) in [4.78, 5) is 42.9. The number of likely N-dealkylation sites (tertiary alicyclic amines) is 1. The number of nitrogens with one attached hydrogen (secondary N) is 1. The Morgan fingerprint density at radius 2 is 1.89 bits per heavy atom. The Hall–Kier alpha value is -3.98. The van der Waals surface area contributed by atoms with E-state index in [9.17, 15) is 27.9 Å². The van der Waals surface area contributed by atoms with Crippen LogP contribution in [0.1, 0.15) is 67.2 Å². The molecule has 2 aliphatic rings. The second-order valence-corrected chi connectivity index (χ2v) is 12.5. The molecule has 15 heteroatoms. The highest BCUT2D eigenvalue weighted by Gasteiger charge is 2.33. The van der Waals surface area contributed by atoms with Crippen molar-refractivity contribution in [2.75, 3.05) is 37.0 Å². The number of carbonyl (C=O) groups excluding carboxylic acids is 1. The second kappa shape index (κ2) is 14.6. The topological polar surface area (TPSA) is 130 Å². The van der Waals surface area contributed by atoms with E-state index in [1.807, 2.05) is 4.90 Å². The number of halogens is 3. The number of ether oxygens (including phenoxy) is 2. The van der Waals surface area contributed by atoms with Gasteiger partial charge in [-0.2, -0.15) is 0 Å². The number of amides is 1. The van der Waals surface area contributed by atoms with Gasteiger partial charge in [0.15, 0.2) is 16.6 Å². The number of aromatic nitrogens is 3. The van der Waals surface area contributed by atoms with Crippen LogP contribution in [0.25, 0.3) is 11.3 Å². The number of thiazole rings is 1. The number of hydrogen-bond donors (Lipinski definition) is 2. The Bertz CT molecular complexity index is 1510. The van der Waals surface area contributed by atoms with Crippen molar-refractivity contribution in [3.63, 3.8) is 0 Å². The highest BCUT2D eigenvalue weighted by atomic mass is 32.1. The molecule has 3 aromatic rings.